The van der Waals surface area contributed by atoms with E-state index in [0.29, 0.717) is 6.54 Å². The molecule has 0 unspecified atom stereocenters. The first-order valence-electron chi connectivity index (χ1n) is 5.72. The van der Waals surface area contributed by atoms with E-state index in [-0.39, 0.29) is 5.91 Å². The summed E-state index contributed by atoms with van der Waals surface area (Å²) in [6, 6.07) is 8.37. The highest BCUT2D eigenvalue weighted by molar-refractivity contribution is 5.81. The zero-order valence-corrected chi connectivity index (χ0v) is 9.94. The van der Waals surface area contributed by atoms with Crippen LogP contribution in [0.1, 0.15) is 12.0 Å². The molecule has 0 spiro atoms. The third kappa shape index (κ3) is 2.35. The molecule has 0 atom stereocenters. The molecular weight excluding hydrogens is 200 g/mol. The van der Waals surface area contributed by atoms with E-state index in [2.05, 4.69) is 36.1 Å². The average Bonchev–Trinajstić information content (AvgIpc) is 2.43. The van der Waals surface area contributed by atoms with Gasteiger partial charge in [0.2, 0.25) is 5.91 Å². The number of carbonyl (C=O) groups is 1. The predicted octanol–water partition coefficient (Wildman–Crippen LogP) is 1.66. The van der Waals surface area contributed by atoms with Crippen molar-refractivity contribution >= 4 is 11.6 Å². The summed E-state index contributed by atoms with van der Waals surface area (Å²) in [6.07, 6.45) is 1.04. The minimum absolute atomic E-state index is 0.207. The van der Waals surface area contributed by atoms with Crippen LogP contribution < -0.4 is 4.90 Å². The van der Waals surface area contributed by atoms with Crippen molar-refractivity contribution in [2.24, 2.45) is 0 Å². The number of anilines is 1. The Labute approximate surface area is 96.7 Å². The summed E-state index contributed by atoms with van der Waals surface area (Å²) in [7, 11) is 1.88. The largest absolute Gasteiger partial charge is 0.362 e. The number of hydrogen-bond donors (Lipinski definition) is 0. The van der Waals surface area contributed by atoms with Crippen LogP contribution in [0.25, 0.3) is 0 Å². The lowest BCUT2D eigenvalue weighted by atomic mass is 10.2. The molecule has 1 aliphatic heterocycles. The maximum atomic E-state index is 11.7. The lowest BCUT2D eigenvalue weighted by molar-refractivity contribution is -0.127. The summed E-state index contributed by atoms with van der Waals surface area (Å²) in [5, 5.41) is 0. The van der Waals surface area contributed by atoms with E-state index >= 15 is 0 Å². The number of hydrogen-bond acceptors (Lipinski definition) is 2. The van der Waals surface area contributed by atoms with Crippen LogP contribution in [0.3, 0.4) is 0 Å². The standard InChI is InChI=1S/C13H18N2O/c1-11-4-6-12(7-5-11)15-9-3-8-14(2)13(16)10-15/h4-7H,3,8-10H2,1-2H3. The van der Waals surface area contributed by atoms with Gasteiger partial charge in [0.05, 0.1) is 6.54 Å². The van der Waals surface area contributed by atoms with Crippen molar-refractivity contribution in [3.05, 3.63) is 29.8 Å². The Balaban J connectivity index is 2.14. The van der Waals surface area contributed by atoms with Gasteiger partial charge in [-0.05, 0) is 25.5 Å². The number of nitrogens with zero attached hydrogens (tertiary/aromatic N) is 2. The van der Waals surface area contributed by atoms with Gasteiger partial charge in [0, 0.05) is 25.8 Å². The molecule has 1 aromatic carbocycles. The van der Waals surface area contributed by atoms with Gasteiger partial charge in [-0.3, -0.25) is 4.79 Å². The third-order valence-electron chi connectivity index (χ3n) is 3.07. The van der Waals surface area contributed by atoms with Gasteiger partial charge < -0.3 is 9.80 Å². The maximum absolute atomic E-state index is 11.7. The van der Waals surface area contributed by atoms with Crippen molar-refractivity contribution in [2.45, 2.75) is 13.3 Å². The van der Waals surface area contributed by atoms with Gasteiger partial charge in [-0.1, -0.05) is 17.7 Å². The van der Waals surface area contributed by atoms with Gasteiger partial charge in [0.25, 0.3) is 0 Å². The lowest BCUT2D eigenvalue weighted by Gasteiger charge is -2.21. The van der Waals surface area contributed by atoms with Gasteiger partial charge in [0.15, 0.2) is 0 Å². The molecule has 1 saturated heterocycles. The molecule has 2 rings (SSSR count). The Morgan fingerprint density at radius 3 is 2.50 bits per heavy atom. The van der Waals surface area contributed by atoms with E-state index in [9.17, 15) is 4.79 Å². The SMILES string of the molecule is Cc1ccc(N2CCCN(C)C(=O)C2)cc1. The normalized spacial score (nSPS) is 17.5. The fraction of sp³-hybridized carbons (Fsp3) is 0.462. The summed E-state index contributed by atoms with van der Waals surface area (Å²) in [5.41, 5.74) is 2.40. The molecular formula is C13H18N2O. The number of aryl methyl sites for hydroxylation is 1. The molecule has 0 saturated carbocycles. The number of amides is 1. The Kier molecular flexibility index (Phi) is 3.13. The van der Waals surface area contributed by atoms with Crippen LogP contribution in [0, 0.1) is 6.92 Å². The molecule has 1 fully saturated rings. The predicted molar refractivity (Wildman–Crippen MR) is 65.6 cm³/mol. The number of rotatable bonds is 1. The molecule has 3 nitrogen and oxygen atoms in total. The van der Waals surface area contributed by atoms with E-state index in [1.807, 2.05) is 11.9 Å². The molecule has 0 N–H and O–H groups in total. The Morgan fingerprint density at radius 2 is 1.81 bits per heavy atom. The van der Waals surface area contributed by atoms with Gasteiger partial charge in [-0.25, -0.2) is 0 Å². The molecule has 0 radical (unpaired) electrons. The monoisotopic (exact) mass is 218 g/mol. The molecule has 1 aliphatic rings. The maximum Gasteiger partial charge on any atom is 0.241 e. The summed E-state index contributed by atoms with van der Waals surface area (Å²) >= 11 is 0. The van der Waals surface area contributed by atoms with Crippen LogP contribution in [0.5, 0.6) is 0 Å². The van der Waals surface area contributed by atoms with Crippen molar-refractivity contribution < 1.29 is 4.79 Å². The zero-order chi connectivity index (χ0) is 11.5. The van der Waals surface area contributed by atoms with Crippen LogP contribution in [0.15, 0.2) is 24.3 Å². The zero-order valence-electron chi connectivity index (χ0n) is 9.94. The minimum atomic E-state index is 0.207. The van der Waals surface area contributed by atoms with Gasteiger partial charge in [-0.2, -0.15) is 0 Å². The van der Waals surface area contributed by atoms with Crippen LogP contribution in [0.4, 0.5) is 5.69 Å². The number of carbonyl (C=O) groups excluding carboxylic acids is 1. The van der Waals surface area contributed by atoms with Crippen LogP contribution in [0.2, 0.25) is 0 Å². The van der Waals surface area contributed by atoms with Gasteiger partial charge in [0.1, 0.15) is 0 Å². The van der Waals surface area contributed by atoms with Crippen molar-refractivity contribution in [1.29, 1.82) is 0 Å². The summed E-state index contributed by atoms with van der Waals surface area (Å²) < 4.78 is 0. The highest BCUT2D eigenvalue weighted by Crippen LogP contribution is 2.17. The van der Waals surface area contributed by atoms with Crippen molar-refractivity contribution in [1.82, 2.24) is 4.90 Å². The van der Waals surface area contributed by atoms with Gasteiger partial charge >= 0.3 is 0 Å². The van der Waals surface area contributed by atoms with Crippen molar-refractivity contribution in [2.75, 3.05) is 31.6 Å². The van der Waals surface area contributed by atoms with Crippen LogP contribution >= 0.6 is 0 Å². The quantitative estimate of drug-likeness (QED) is 0.715. The molecule has 3 heteroatoms. The van der Waals surface area contributed by atoms with Crippen molar-refractivity contribution in [3.63, 3.8) is 0 Å². The molecule has 0 aromatic heterocycles. The van der Waals surface area contributed by atoms with Crippen molar-refractivity contribution in [3.8, 4) is 0 Å². The van der Waals surface area contributed by atoms with Crippen LogP contribution in [-0.4, -0.2) is 37.5 Å². The first-order valence-corrected chi connectivity index (χ1v) is 5.72. The Bertz CT molecular complexity index is 372. The highest BCUT2D eigenvalue weighted by atomic mass is 16.2. The molecule has 1 amide bonds. The van der Waals surface area contributed by atoms with Crippen LogP contribution in [-0.2, 0) is 4.79 Å². The van der Waals surface area contributed by atoms with Gasteiger partial charge in [-0.15, -0.1) is 0 Å². The Morgan fingerprint density at radius 1 is 1.12 bits per heavy atom. The fourth-order valence-corrected chi connectivity index (χ4v) is 1.96. The Hall–Kier alpha value is -1.51. The minimum Gasteiger partial charge on any atom is -0.362 e. The lowest BCUT2D eigenvalue weighted by Crippen LogP contribution is -2.34. The van der Waals surface area contributed by atoms with E-state index in [4.69, 9.17) is 0 Å². The second-order valence-electron chi connectivity index (χ2n) is 4.43. The molecule has 16 heavy (non-hydrogen) atoms. The molecule has 86 valence electrons. The number of likely N-dealkylation sites (N-methyl/N-ethyl adjacent to an activating group) is 1. The summed E-state index contributed by atoms with van der Waals surface area (Å²) in [4.78, 5) is 15.7. The fourth-order valence-electron chi connectivity index (χ4n) is 1.96. The number of benzene rings is 1. The topological polar surface area (TPSA) is 23.6 Å². The summed E-state index contributed by atoms with van der Waals surface area (Å²) in [5.74, 6) is 0.207. The first kappa shape index (κ1) is 11.0. The second kappa shape index (κ2) is 4.56. The molecule has 1 heterocycles. The highest BCUT2D eigenvalue weighted by Gasteiger charge is 2.18. The third-order valence-corrected chi connectivity index (χ3v) is 3.07. The molecule has 1 aromatic rings. The van der Waals surface area contributed by atoms with E-state index in [1.165, 1.54) is 5.56 Å². The van der Waals surface area contributed by atoms with E-state index in [0.717, 1.165) is 25.2 Å². The van der Waals surface area contributed by atoms with E-state index < -0.39 is 0 Å². The first-order chi connectivity index (χ1) is 7.66. The van der Waals surface area contributed by atoms with E-state index in [1.54, 1.807) is 0 Å². The second-order valence-corrected chi connectivity index (χ2v) is 4.43. The molecule has 0 bridgehead atoms. The molecule has 0 aliphatic carbocycles. The smallest absolute Gasteiger partial charge is 0.241 e. The summed E-state index contributed by atoms with van der Waals surface area (Å²) in [6.45, 7) is 4.39. The average molecular weight is 218 g/mol.